The number of benzene rings is 2. The first-order valence-corrected chi connectivity index (χ1v) is 14.2. The van der Waals surface area contributed by atoms with Gasteiger partial charge in [0.05, 0.1) is 11.6 Å². The molecule has 2 aromatic carbocycles. The van der Waals surface area contributed by atoms with Gasteiger partial charge in [-0.2, -0.15) is 4.98 Å². The van der Waals surface area contributed by atoms with Gasteiger partial charge in [-0.05, 0) is 69.9 Å². The number of rotatable bonds is 8. The van der Waals surface area contributed by atoms with Gasteiger partial charge in [0.25, 0.3) is 0 Å². The van der Waals surface area contributed by atoms with E-state index >= 15 is 0 Å². The highest BCUT2D eigenvalue weighted by Gasteiger charge is 2.26. The second kappa shape index (κ2) is 12.0. The average Bonchev–Trinajstić information content (AvgIpc) is 2.97. The van der Waals surface area contributed by atoms with Crippen molar-refractivity contribution in [2.75, 3.05) is 24.3 Å². The van der Waals surface area contributed by atoms with Gasteiger partial charge >= 0.3 is 0 Å². The number of aromatic nitrogens is 2. The topological polar surface area (TPSA) is 87.2 Å². The molecule has 7 heteroatoms. The van der Waals surface area contributed by atoms with Crippen molar-refractivity contribution in [1.29, 1.82) is 0 Å². The number of hydrogen-bond acceptors (Lipinski definition) is 6. The molecular weight excluding hydrogens is 486 g/mol. The Balaban J connectivity index is 1.16. The maximum absolute atomic E-state index is 13.1. The van der Waals surface area contributed by atoms with E-state index in [9.17, 15) is 9.59 Å². The summed E-state index contributed by atoms with van der Waals surface area (Å²) < 4.78 is 0. The number of carbonyl (C=O) groups excluding carboxylic acids is 2. The molecule has 2 aliphatic carbocycles. The van der Waals surface area contributed by atoms with Crippen LogP contribution in [0.25, 0.3) is 0 Å². The van der Waals surface area contributed by atoms with Crippen LogP contribution in [0.15, 0.2) is 54.6 Å². The molecular formula is C32H39N5O2. The largest absolute Gasteiger partial charge is 0.362 e. The second-order valence-corrected chi connectivity index (χ2v) is 11.1. The van der Waals surface area contributed by atoms with Gasteiger partial charge in [-0.1, -0.05) is 48.5 Å². The molecule has 2 N–H and O–H groups in total. The highest BCUT2D eigenvalue weighted by atomic mass is 16.2. The van der Waals surface area contributed by atoms with Crippen LogP contribution < -0.4 is 15.5 Å². The molecule has 1 atom stereocenters. The molecule has 1 fully saturated rings. The molecule has 39 heavy (non-hydrogen) atoms. The van der Waals surface area contributed by atoms with E-state index in [0.29, 0.717) is 17.2 Å². The number of anilines is 2. The molecule has 0 radical (unpaired) electrons. The number of nitrogens with zero attached hydrogens (tertiary/aromatic N) is 3. The van der Waals surface area contributed by atoms with Crippen molar-refractivity contribution in [3.63, 3.8) is 0 Å². The SMILES string of the molecule is C[C@H](C(=O)NC1CCC(Nc2nc3c(c(N(C)C)n2)CCCC3)CC1)c1cccc(C(=O)c2ccccc2)c1. The van der Waals surface area contributed by atoms with Gasteiger partial charge in [0.15, 0.2) is 5.78 Å². The quantitative estimate of drug-likeness (QED) is 0.389. The van der Waals surface area contributed by atoms with Gasteiger partial charge in [-0.25, -0.2) is 4.98 Å². The van der Waals surface area contributed by atoms with Crippen molar-refractivity contribution in [3.8, 4) is 0 Å². The molecule has 3 aromatic rings. The van der Waals surface area contributed by atoms with Gasteiger partial charge in [0.2, 0.25) is 11.9 Å². The molecule has 0 unspecified atom stereocenters. The van der Waals surface area contributed by atoms with Gasteiger partial charge in [0.1, 0.15) is 5.82 Å². The van der Waals surface area contributed by atoms with Crippen LogP contribution in [0.3, 0.4) is 0 Å². The van der Waals surface area contributed by atoms with E-state index in [1.54, 1.807) is 0 Å². The summed E-state index contributed by atoms with van der Waals surface area (Å²) in [5, 5.41) is 6.84. The zero-order valence-corrected chi connectivity index (χ0v) is 23.2. The summed E-state index contributed by atoms with van der Waals surface area (Å²) in [6.45, 7) is 1.91. The van der Waals surface area contributed by atoms with Crippen molar-refractivity contribution >= 4 is 23.5 Å². The maximum atomic E-state index is 13.1. The highest BCUT2D eigenvalue weighted by Crippen LogP contribution is 2.29. The first-order valence-electron chi connectivity index (χ1n) is 14.2. The Morgan fingerprint density at radius 2 is 1.56 bits per heavy atom. The summed E-state index contributed by atoms with van der Waals surface area (Å²) >= 11 is 0. The number of nitrogens with one attached hydrogen (secondary N) is 2. The minimum Gasteiger partial charge on any atom is -0.362 e. The first-order chi connectivity index (χ1) is 18.9. The van der Waals surface area contributed by atoms with E-state index in [1.165, 1.54) is 24.1 Å². The molecule has 7 nitrogen and oxygen atoms in total. The molecule has 0 spiro atoms. The van der Waals surface area contributed by atoms with Gasteiger partial charge < -0.3 is 15.5 Å². The van der Waals surface area contributed by atoms with Gasteiger partial charge in [0, 0.05) is 42.9 Å². The van der Waals surface area contributed by atoms with E-state index in [-0.39, 0.29) is 23.7 Å². The number of carbonyl (C=O) groups is 2. The third-order valence-corrected chi connectivity index (χ3v) is 8.07. The first kappa shape index (κ1) is 26.9. The summed E-state index contributed by atoms with van der Waals surface area (Å²) in [7, 11) is 4.10. The number of fused-ring (bicyclic) bond motifs is 1. The van der Waals surface area contributed by atoms with E-state index in [2.05, 4.69) is 15.5 Å². The Hall–Kier alpha value is -3.74. The predicted octanol–water partition coefficient (Wildman–Crippen LogP) is 5.30. The molecule has 1 saturated carbocycles. The van der Waals surface area contributed by atoms with Crippen molar-refractivity contribution < 1.29 is 9.59 Å². The van der Waals surface area contributed by atoms with Crippen molar-refractivity contribution in [2.45, 2.75) is 76.3 Å². The van der Waals surface area contributed by atoms with Crippen LogP contribution in [0.5, 0.6) is 0 Å². The van der Waals surface area contributed by atoms with Crippen LogP contribution in [0.4, 0.5) is 11.8 Å². The van der Waals surface area contributed by atoms with E-state index in [4.69, 9.17) is 9.97 Å². The number of aryl methyl sites for hydroxylation is 1. The maximum Gasteiger partial charge on any atom is 0.227 e. The van der Waals surface area contributed by atoms with Crippen LogP contribution in [0, 0.1) is 0 Å². The fourth-order valence-electron chi connectivity index (χ4n) is 5.76. The van der Waals surface area contributed by atoms with E-state index < -0.39 is 0 Å². The van der Waals surface area contributed by atoms with Crippen LogP contribution >= 0.6 is 0 Å². The van der Waals surface area contributed by atoms with Crippen molar-refractivity contribution in [2.24, 2.45) is 0 Å². The highest BCUT2D eigenvalue weighted by molar-refractivity contribution is 6.09. The average molecular weight is 526 g/mol. The molecule has 0 saturated heterocycles. The lowest BCUT2D eigenvalue weighted by Gasteiger charge is -2.31. The summed E-state index contributed by atoms with van der Waals surface area (Å²) in [5.74, 6) is 1.40. The van der Waals surface area contributed by atoms with Gasteiger partial charge in [-0.15, -0.1) is 0 Å². The van der Waals surface area contributed by atoms with Crippen molar-refractivity contribution in [3.05, 3.63) is 82.5 Å². The molecule has 1 amide bonds. The minimum atomic E-state index is -0.335. The molecule has 204 valence electrons. The van der Waals surface area contributed by atoms with Crippen LogP contribution in [0.2, 0.25) is 0 Å². The summed E-state index contributed by atoms with van der Waals surface area (Å²) in [6, 6.07) is 17.1. The van der Waals surface area contributed by atoms with E-state index in [0.717, 1.165) is 55.9 Å². The predicted molar refractivity (Wildman–Crippen MR) is 156 cm³/mol. The smallest absolute Gasteiger partial charge is 0.227 e. The van der Waals surface area contributed by atoms with Crippen LogP contribution in [0.1, 0.15) is 84.1 Å². The number of ketones is 1. The summed E-state index contributed by atoms with van der Waals surface area (Å²) in [5.41, 5.74) is 4.59. The Morgan fingerprint density at radius 1 is 0.872 bits per heavy atom. The van der Waals surface area contributed by atoms with E-state index in [1.807, 2.05) is 75.6 Å². The Labute approximate surface area is 231 Å². The molecule has 0 aliphatic heterocycles. The second-order valence-electron chi connectivity index (χ2n) is 11.1. The lowest BCUT2D eigenvalue weighted by Crippen LogP contribution is -2.41. The Bertz CT molecular complexity index is 1320. The minimum absolute atomic E-state index is 0.00404. The van der Waals surface area contributed by atoms with Crippen LogP contribution in [-0.2, 0) is 17.6 Å². The van der Waals surface area contributed by atoms with Crippen LogP contribution in [-0.4, -0.2) is 47.8 Å². The Morgan fingerprint density at radius 3 is 2.31 bits per heavy atom. The monoisotopic (exact) mass is 525 g/mol. The lowest BCUT2D eigenvalue weighted by molar-refractivity contribution is -0.123. The number of amides is 1. The zero-order valence-electron chi connectivity index (χ0n) is 23.2. The Kier molecular flexibility index (Phi) is 8.24. The molecule has 1 heterocycles. The third-order valence-electron chi connectivity index (χ3n) is 8.07. The fourth-order valence-corrected chi connectivity index (χ4v) is 5.76. The van der Waals surface area contributed by atoms with Gasteiger partial charge in [-0.3, -0.25) is 9.59 Å². The molecule has 2 aliphatic rings. The number of hydrogen-bond donors (Lipinski definition) is 2. The zero-order chi connectivity index (χ0) is 27.4. The standard InChI is InChI=1S/C32H39N5O2/c1-21(23-12-9-13-24(20-23)29(38)22-10-5-4-6-11-22)31(39)33-25-16-18-26(19-17-25)34-32-35-28-15-8-7-14-27(28)30(36-32)37(2)3/h4-6,9-13,20-21,25-26H,7-8,14-19H2,1-3H3,(H,33,39)(H,34,35,36)/t21-,25?,26?/m0/s1. The molecule has 1 aromatic heterocycles. The molecule has 5 rings (SSSR count). The normalized spacial score (nSPS) is 19.5. The fraction of sp³-hybridized carbons (Fsp3) is 0.438. The molecule has 0 bridgehead atoms. The summed E-state index contributed by atoms with van der Waals surface area (Å²) in [4.78, 5) is 37.8. The summed E-state index contributed by atoms with van der Waals surface area (Å²) in [6.07, 6.45) is 8.20. The third kappa shape index (κ3) is 6.29. The lowest BCUT2D eigenvalue weighted by atomic mass is 9.90. The van der Waals surface area contributed by atoms with Crippen molar-refractivity contribution in [1.82, 2.24) is 15.3 Å².